The lowest BCUT2D eigenvalue weighted by Gasteiger charge is -2.38. The van der Waals surface area contributed by atoms with E-state index in [1.807, 2.05) is 23.1 Å². The first-order valence-corrected chi connectivity index (χ1v) is 17.1. The average Bonchev–Trinajstić information content (AvgIpc) is 3.17. The van der Waals surface area contributed by atoms with Crippen molar-refractivity contribution in [3.63, 3.8) is 0 Å². The second kappa shape index (κ2) is 13.2. The first kappa shape index (κ1) is 32.4. The van der Waals surface area contributed by atoms with Gasteiger partial charge < -0.3 is 14.5 Å². The Balaban J connectivity index is 1.33. The van der Waals surface area contributed by atoms with E-state index in [-0.39, 0.29) is 46.3 Å². The van der Waals surface area contributed by atoms with Gasteiger partial charge in [0.15, 0.2) is 0 Å². The number of carbonyl (C=O) groups is 2. The van der Waals surface area contributed by atoms with Gasteiger partial charge in [0, 0.05) is 65.7 Å². The molecule has 0 saturated carbocycles. The highest BCUT2D eigenvalue weighted by Crippen LogP contribution is 2.28. The van der Waals surface area contributed by atoms with E-state index >= 15 is 0 Å². The summed E-state index contributed by atoms with van der Waals surface area (Å²) >= 11 is 6.16. The van der Waals surface area contributed by atoms with Crippen LogP contribution in [0.3, 0.4) is 0 Å². The van der Waals surface area contributed by atoms with Crippen LogP contribution in [-0.2, 0) is 45.2 Å². The molecule has 1 atom stereocenters. The number of methoxy groups -OCH3 is 1. The highest BCUT2D eigenvalue weighted by molar-refractivity contribution is 7.91. The summed E-state index contributed by atoms with van der Waals surface area (Å²) in [5.74, 6) is -0.588. The number of fused-ring (bicyclic) bond motifs is 1. The summed E-state index contributed by atoms with van der Waals surface area (Å²) < 4.78 is 41.3. The van der Waals surface area contributed by atoms with Crippen molar-refractivity contribution in [2.45, 2.75) is 44.8 Å². The lowest BCUT2D eigenvalue weighted by atomic mass is 10.0. The fourth-order valence-electron chi connectivity index (χ4n) is 5.95. The second-order valence-electron chi connectivity index (χ2n) is 11.5. The summed E-state index contributed by atoms with van der Waals surface area (Å²) in [6.07, 6.45) is 4.56. The third-order valence-electron chi connectivity index (χ3n) is 8.44. The van der Waals surface area contributed by atoms with Crippen LogP contribution in [-0.4, -0.2) is 79.8 Å². The highest BCUT2D eigenvalue weighted by atomic mass is 35.5. The zero-order valence-corrected chi connectivity index (χ0v) is 26.7. The van der Waals surface area contributed by atoms with Crippen LogP contribution >= 0.6 is 11.6 Å². The Bertz CT molecular complexity index is 1870. The van der Waals surface area contributed by atoms with E-state index in [4.69, 9.17) is 21.1 Å². The molecule has 2 aliphatic heterocycles. The molecule has 0 radical (unpaired) electrons. The van der Waals surface area contributed by atoms with Crippen molar-refractivity contribution in [2.75, 3.05) is 38.8 Å². The van der Waals surface area contributed by atoms with Gasteiger partial charge in [0.1, 0.15) is 18.1 Å². The van der Waals surface area contributed by atoms with Crippen LogP contribution in [0, 0.1) is 10.6 Å². The Morgan fingerprint density at radius 2 is 1.82 bits per heavy atom. The molecule has 2 aromatic carbocycles. The third-order valence-corrected chi connectivity index (χ3v) is 9.79. The molecule has 0 spiro atoms. The molecule has 3 aromatic rings. The van der Waals surface area contributed by atoms with Gasteiger partial charge in [-0.1, -0.05) is 29.8 Å². The van der Waals surface area contributed by atoms with Crippen LogP contribution in [0.1, 0.15) is 24.0 Å². The molecule has 5 rings (SSSR count). The number of nitrogens with one attached hydrogen (secondary N) is 1. The van der Waals surface area contributed by atoms with Crippen molar-refractivity contribution in [1.29, 1.82) is 4.78 Å². The van der Waals surface area contributed by atoms with Gasteiger partial charge in [-0.2, -0.15) is 0 Å². The smallest absolute Gasteiger partial charge is 0.331 e. The minimum atomic E-state index is -3.04. The molecule has 11 nitrogen and oxygen atoms in total. The Morgan fingerprint density at radius 3 is 2.51 bits per heavy atom. The van der Waals surface area contributed by atoms with Crippen molar-refractivity contribution in [1.82, 2.24) is 18.9 Å². The lowest BCUT2D eigenvalue weighted by molar-refractivity contribution is -0.136. The van der Waals surface area contributed by atoms with Crippen LogP contribution in [0.2, 0.25) is 5.02 Å². The number of nitrogens with zero attached hydrogens (tertiary/aromatic N) is 4. The summed E-state index contributed by atoms with van der Waals surface area (Å²) in [6, 6.07) is 9.67. The molecule has 14 heteroatoms. The first-order valence-electron chi connectivity index (χ1n) is 14.6. The number of hydrogen-bond acceptors (Lipinski definition) is 7. The number of carbonyl (C=O) groups excluding carboxylic acids is 2. The van der Waals surface area contributed by atoms with Crippen molar-refractivity contribution in [2.24, 2.45) is 0 Å². The van der Waals surface area contributed by atoms with E-state index in [9.17, 15) is 27.8 Å². The molecule has 1 unspecified atom stereocenters. The van der Waals surface area contributed by atoms with Gasteiger partial charge in [0.25, 0.3) is 5.56 Å². The predicted octanol–water partition coefficient (Wildman–Crippen LogP) is 2.77. The SMILES string of the molecule is COc1ccc2c(c1)CCN(C1CCN(C(=O)Cn3cc(-c4cccc(F)c4Cl)c(=O)n(CCS(C)(=N)=O)c3=O)CC1)C(=O)C2. The van der Waals surface area contributed by atoms with Gasteiger partial charge in [-0.3, -0.25) is 32.5 Å². The van der Waals surface area contributed by atoms with Crippen LogP contribution in [0.4, 0.5) is 4.39 Å². The largest absolute Gasteiger partial charge is 0.497 e. The maximum atomic E-state index is 14.3. The van der Waals surface area contributed by atoms with E-state index in [1.165, 1.54) is 24.6 Å². The van der Waals surface area contributed by atoms with E-state index < -0.39 is 33.3 Å². The molecule has 0 aliphatic carbocycles. The molecule has 3 heterocycles. The maximum absolute atomic E-state index is 14.3. The van der Waals surface area contributed by atoms with Crippen molar-refractivity contribution in [3.05, 3.63) is 85.4 Å². The minimum Gasteiger partial charge on any atom is -0.497 e. The molecule has 45 heavy (non-hydrogen) atoms. The van der Waals surface area contributed by atoms with E-state index in [1.54, 1.807) is 12.0 Å². The average molecular weight is 660 g/mol. The molecule has 2 aliphatic rings. The Labute approximate surface area is 265 Å². The highest BCUT2D eigenvalue weighted by Gasteiger charge is 2.32. The molecule has 1 aromatic heterocycles. The number of benzene rings is 2. The molecular weight excluding hydrogens is 625 g/mol. The molecule has 2 amide bonds. The van der Waals surface area contributed by atoms with Crippen LogP contribution in [0.5, 0.6) is 5.75 Å². The Kier molecular flexibility index (Phi) is 9.49. The van der Waals surface area contributed by atoms with Crippen molar-refractivity contribution < 1.29 is 22.9 Å². The summed E-state index contributed by atoms with van der Waals surface area (Å²) in [4.78, 5) is 56.8. The van der Waals surface area contributed by atoms with Crippen molar-refractivity contribution in [3.8, 4) is 16.9 Å². The zero-order chi connectivity index (χ0) is 32.5. The Hall–Kier alpha value is -3.97. The van der Waals surface area contributed by atoms with Crippen molar-refractivity contribution >= 4 is 33.1 Å². The number of rotatable bonds is 8. The lowest BCUT2D eigenvalue weighted by Crippen LogP contribution is -2.50. The number of piperidine rings is 1. The van der Waals surface area contributed by atoms with Gasteiger partial charge in [-0.15, -0.1) is 0 Å². The van der Waals surface area contributed by atoms with Gasteiger partial charge in [-0.05, 0) is 48.6 Å². The number of hydrogen-bond donors (Lipinski definition) is 1. The standard InChI is InChI=1S/C31H35ClFN5O6S/c1-44-23-7-6-20-17-27(39)37(13-8-21(20)16-23)22-9-11-35(12-10-22)28(40)19-36-18-25(24-4-3-5-26(33)29(24)32)30(41)38(31(36)42)14-15-45(2,34)43/h3-7,16,18,22,34H,8-15,17,19H2,1-2H3. The summed E-state index contributed by atoms with van der Waals surface area (Å²) in [6.45, 7) is 0.606. The van der Waals surface area contributed by atoms with Gasteiger partial charge >= 0.3 is 5.69 Å². The topological polar surface area (TPSA) is 135 Å². The number of aromatic nitrogens is 2. The van der Waals surface area contributed by atoms with Gasteiger partial charge in [0.05, 0.1) is 24.1 Å². The minimum absolute atomic E-state index is 0.0297. The number of halogens is 2. The fourth-order valence-corrected chi connectivity index (χ4v) is 6.71. The third kappa shape index (κ3) is 7.14. The number of likely N-dealkylation sites (tertiary alicyclic amines) is 1. The first-order chi connectivity index (χ1) is 21.4. The van der Waals surface area contributed by atoms with Crippen LogP contribution < -0.4 is 16.0 Å². The summed E-state index contributed by atoms with van der Waals surface area (Å²) in [5.41, 5.74) is 0.427. The quantitative estimate of drug-likeness (QED) is 0.395. The predicted molar refractivity (Wildman–Crippen MR) is 169 cm³/mol. The summed E-state index contributed by atoms with van der Waals surface area (Å²) in [5, 5.41) is -0.315. The fraction of sp³-hybridized carbons (Fsp3) is 0.419. The Morgan fingerprint density at radius 1 is 1.09 bits per heavy atom. The molecule has 0 bridgehead atoms. The monoisotopic (exact) mass is 659 g/mol. The normalized spacial score (nSPS) is 17.0. The van der Waals surface area contributed by atoms with Gasteiger partial charge in [-0.25, -0.2) is 9.18 Å². The molecular formula is C31H35ClFN5O6S. The van der Waals surface area contributed by atoms with Gasteiger partial charge in [0.2, 0.25) is 11.8 Å². The van der Waals surface area contributed by atoms with E-state index in [0.29, 0.717) is 45.3 Å². The van der Waals surface area contributed by atoms with E-state index in [0.717, 1.165) is 32.1 Å². The second-order valence-corrected chi connectivity index (χ2v) is 14.3. The molecule has 1 saturated heterocycles. The zero-order valence-electron chi connectivity index (χ0n) is 25.1. The number of amides is 2. The molecule has 1 fully saturated rings. The maximum Gasteiger partial charge on any atom is 0.331 e. The van der Waals surface area contributed by atoms with E-state index in [2.05, 4.69) is 0 Å². The molecule has 240 valence electrons. The number of ether oxygens (including phenoxy) is 1. The van der Waals surface area contributed by atoms with Crippen LogP contribution in [0.25, 0.3) is 11.1 Å². The summed E-state index contributed by atoms with van der Waals surface area (Å²) in [7, 11) is -1.43. The molecule has 1 N–H and O–H groups in total. The van der Waals surface area contributed by atoms with Crippen LogP contribution in [0.15, 0.2) is 52.2 Å².